The minimum atomic E-state index is 0.265. The molecule has 0 N–H and O–H groups in total. The Bertz CT molecular complexity index is 419. The Hall–Kier alpha value is -1.31. The summed E-state index contributed by atoms with van der Waals surface area (Å²) < 4.78 is 5.66. The molecule has 0 amide bonds. The summed E-state index contributed by atoms with van der Waals surface area (Å²) in [5, 5.41) is 0. The molecule has 1 fully saturated rings. The van der Waals surface area contributed by atoms with Gasteiger partial charge < -0.3 is 4.74 Å². The maximum Gasteiger partial charge on any atom is 0.166 e. The van der Waals surface area contributed by atoms with Gasteiger partial charge in [-0.2, -0.15) is 0 Å². The summed E-state index contributed by atoms with van der Waals surface area (Å²) in [6.07, 6.45) is 5.26. The predicted octanol–water partition coefficient (Wildman–Crippen LogP) is 2.99. The van der Waals surface area contributed by atoms with Crippen molar-refractivity contribution in [2.75, 3.05) is 6.61 Å². The quantitative estimate of drug-likeness (QED) is 0.726. The zero-order chi connectivity index (χ0) is 11.0. The van der Waals surface area contributed by atoms with Crippen molar-refractivity contribution >= 4 is 5.78 Å². The molecule has 3 rings (SSSR count). The molecule has 0 atom stereocenters. The lowest BCUT2D eigenvalue weighted by atomic mass is 9.98. The Morgan fingerprint density at radius 1 is 1.38 bits per heavy atom. The Kier molecular flexibility index (Phi) is 2.43. The minimum absolute atomic E-state index is 0.265. The molecule has 1 aliphatic carbocycles. The molecule has 0 unspecified atom stereocenters. The summed E-state index contributed by atoms with van der Waals surface area (Å²) in [4.78, 5) is 12.1. The molecule has 0 radical (unpaired) electrons. The maximum atomic E-state index is 12.1. The Morgan fingerprint density at radius 2 is 2.25 bits per heavy atom. The number of carbonyl (C=O) groups is 1. The predicted molar refractivity (Wildman–Crippen MR) is 61.9 cm³/mol. The summed E-state index contributed by atoms with van der Waals surface area (Å²) >= 11 is 0. The fourth-order valence-corrected chi connectivity index (χ4v) is 2.30. The molecular formula is C14H16O2. The molecule has 2 heteroatoms. The van der Waals surface area contributed by atoms with E-state index in [0.717, 1.165) is 30.8 Å². The standard InChI is InChI=1S/C14H16O2/c15-13(9-10-6-7-10)12-5-1-3-11-4-2-8-16-14(11)12/h1,3,5,10H,2,4,6-9H2. The Morgan fingerprint density at radius 3 is 3.06 bits per heavy atom. The normalized spacial score (nSPS) is 18.8. The van der Waals surface area contributed by atoms with E-state index in [1.54, 1.807) is 0 Å². The molecular weight excluding hydrogens is 200 g/mol. The van der Waals surface area contributed by atoms with Crippen molar-refractivity contribution < 1.29 is 9.53 Å². The number of ketones is 1. The van der Waals surface area contributed by atoms with E-state index < -0.39 is 0 Å². The van der Waals surface area contributed by atoms with E-state index in [9.17, 15) is 4.79 Å². The molecule has 1 aromatic carbocycles. The first-order chi connectivity index (χ1) is 7.84. The van der Waals surface area contributed by atoms with Gasteiger partial charge in [0, 0.05) is 6.42 Å². The number of carbonyl (C=O) groups excluding carboxylic acids is 1. The third-order valence-corrected chi connectivity index (χ3v) is 3.40. The molecule has 1 aromatic rings. The van der Waals surface area contributed by atoms with Crippen molar-refractivity contribution in [2.45, 2.75) is 32.1 Å². The van der Waals surface area contributed by atoms with Crippen LogP contribution in [0.25, 0.3) is 0 Å². The second-order valence-electron chi connectivity index (χ2n) is 4.82. The van der Waals surface area contributed by atoms with Crippen molar-refractivity contribution in [1.82, 2.24) is 0 Å². The number of aryl methyl sites for hydroxylation is 1. The van der Waals surface area contributed by atoms with Crippen molar-refractivity contribution in [2.24, 2.45) is 5.92 Å². The molecule has 2 aliphatic rings. The first-order valence-electron chi connectivity index (χ1n) is 6.12. The van der Waals surface area contributed by atoms with Gasteiger partial charge in [0.25, 0.3) is 0 Å². The van der Waals surface area contributed by atoms with E-state index in [-0.39, 0.29) is 5.78 Å². The number of benzene rings is 1. The van der Waals surface area contributed by atoms with Gasteiger partial charge in [-0.25, -0.2) is 0 Å². The molecule has 0 saturated heterocycles. The van der Waals surface area contributed by atoms with Gasteiger partial charge in [-0.1, -0.05) is 12.1 Å². The second kappa shape index (κ2) is 3.93. The van der Waals surface area contributed by atoms with Crippen LogP contribution in [0.1, 0.15) is 41.6 Å². The van der Waals surface area contributed by atoms with Crippen LogP contribution in [0.3, 0.4) is 0 Å². The number of fused-ring (bicyclic) bond motifs is 1. The van der Waals surface area contributed by atoms with Gasteiger partial charge in [-0.3, -0.25) is 4.79 Å². The van der Waals surface area contributed by atoms with Crippen LogP contribution in [0, 0.1) is 5.92 Å². The number of ether oxygens (including phenoxy) is 1. The summed E-state index contributed by atoms with van der Waals surface area (Å²) in [7, 11) is 0. The van der Waals surface area contributed by atoms with Gasteiger partial charge in [0.1, 0.15) is 5.75 Å². The van der Waals surface area contributed by atoms with Crippen molar-refractivity contribution in [3.8, 4) is 5.75 Å². The first kappa shape index (κ1) is 9.88. The summed E-state index contributed by atoms with van der Waals surface area (Å²) in [6.45, 7) is 0.751. The van der Waals surface area contributed by atoms with Crippen LogP contribution in [-0.2, 0) is 6.42 Å². The molecule has 84 valence electrons. The van der Waals surface area contributed by atoms with E-state index in [1.165, 1.54) is 18.4 Å². The summed E-state index contributed by atoms with van der Waals surface area (Å²) in [5.41, 5.74) is 2.01. The van der Waals surface area contributed by atoms with Gasteiger partial charge in [0.2, 0.25) is 0 Å². The molecule has 0 bridgehead atoms. The van der Waals surface area contributed by atoms with Gasteiger partial charge in [-0.15, -0.1) is 0 Å². The van der Waals surface area contributed by atoms with Crippen LogP contribution >= 0.6 is 0 Å². The Balaban J connectivity index is 1.89. The highest BCUT2D eigenvalue weighted by atomic mass is 16.5. The second-order valence-corrected chi connectivity index (χ2v) is 4.82. The van der Waals surface area contributed by atoms with Crippen molar-refractivity contribution in [3.63, 3.8) is 0 Å². The van der Waals surface area contributed by atoms with E-state index >= 15 is 0 Å². The highest BCUT2D eigenvalue weighted by Gasteiger charge is 2.27. The number of rotatable bonds is 3. The molecule has 1 aliphatic heterocycles. The molecule has 1 heterocycles. The average Bonchev–Trinajstić information content (AvgIpc) is 3.12. The van der Waals surface area contributed by atoms with Gasteiger partial charge in [0.15, 0.2) is 5.78 Å². The summed E-state index contributed by atoms with van der Waals surface area (Å²) in [5.74, 6) is 1.77. The minimum Gasteiger partial charge on any atom is -0.493 e. The van der Waals surface area contributed by atoms with Gasteiger partial charge in [-0.05, 0) is 43.2 Å². The molecule has 2 nitrogen and oxygen atoms in total. The zero-order valence-corrected chi connectivity index (χ0v) is 9.37. The molecule has 16 heavy (non-hydrogen) atoms. The van der Waals surface area contributed by atoms with E-state index in [2.05, 4.69) is 6.07 Å². The topological polar surface area (TPSA) is 26.3 Å². The first-order valence-corrected chi connectivity index (χ1v) is 6.12. The molecule has 0 aromatic heterocycles. The number of hydrogen-bond donors (Lipinski definition) is 0. The van der Waals surface area contributed by atoms with Crippen molar-refractivity contribution in [3.05, 3.63) is 29.3 Å². The fourth-order valence-electron chi connectivity index (χ4n) is 2.30. The van der Waals surface area contributed by atoms with Crippen LogP contribution in [-0.4, -0.2) is 12.4 Å². The lowest BCUT2D eigenvalue weighted by Crippen LogP contribution is -2.13. The number of Topliss-reactive ketones (excluding diaryl/α,β-unsaturated/α-hetero) is 1. The van der Waals surface area contributed by atoms with E-state index in [1.807, 2.05) is 12.1 Å². The van der Waals surface area contributed by atoms with Crippen LogP contribution in [0.4, 0.5) is 0 Å². The lowest BCUT2D eigenvalue weighted by molar-refractivity contribution is 0.0971. The third kappa shape index (κ3) is 1.84. The Labute approximate surface area is 95.6 Å². The number of para-hydroxylation sites is 1. The fraction of sp³-hybridized carbons (Fsp3) is 0.500. The smallest absolute Gasteiger partial charge is 0.166 e. The summed E-state index contributed by atoms with van der Waals surface area (Å²) in [6, 6.07) is 5.96. The van der Waals surface area contributed by atoms with Gasteiger partial charge >= 0.3 is 0 Å². The maximum absolute atomic E-state index is 12.1. The lowest BCUT2D eigenvalue weighted by Gasteiger charge is -2.19. The van der Waals surface area contributed by atoms with Crippen LogP contribution in [0.2, 0.25) is 0 Å². The van der Waals surface area contributed by atoms with E-state index in [0.29, 0.717) is 12.3 Å². The molecule has 1 saturated carbocycles. The average molecular weight is 216 g/mol. The zero-order valence-electron chi connectivity index (χ0n) is 9.37. The SMILES string of the molecule is O=C(CC1CC1)c1cccc2c1OCCC2. The highest BCUT2D eigenvalue weighted by molar-refractivity contribution is 5.99. The highest BCUT2D eigenvalue weighted by Crippen LogP contribution is 2.36. The largest absolute Gasteiger partial charge is 0.493 e. The monoisotopic (exact) mass is 216 g/mol. The van der Waals surface area contributed by atoms with Crippen LogP contribution in [0.15, 0.2) is 18.2 Å². The van der Waals surface area contributed by atoms with Crippen LogP contribution < -0.4 is 4.74 Å². The number of hydrogen-bond acceptors (Lipinski definition) is 2. The van der Waals surface area contributed by atoms with Crippen molar-refractivity contribution in [1.29, 1.82) is 0 Å². The van der Waals surface area contributed by atoms with E-state index in [4.69, 9.17) is 4.74 Å². The van der Waals surface area contributed by atoms with Gasteiger partial charge in [0.05, 0.1) is 12.2 Å². The molecule has 0 spiro atoms. The third-order valence-electron chi connectivity index (χ3n) is 3.40. The van der Waals surface area contributed by atoms with Crippen LogP contribution in [0.5, 0.6) is 5.75 Å².